The maximum Gasteiger partial charge on any atom is 0.101 e. The molecule has 2 aromatic heterocycles. The van der Waals surface area contributed by atoms with Crippen LogP contribution in [-0.2, 0) is 0 Å². The Morgan fingerprint density at radius 3 is 1.62 bits per heavy atom. The molecule has 230 valence electrons. The summed E-state index contributed by atoms with van der Waals surface area (Å²) in [5, 5.41) is 33.6. The van der Waals surface area contributed by atoms with Crippen molar-refractivity contribution in [1.82, 2.24) is 9.13 Å². The minimum atomic E-state index is 0.581. The molecule has 0 bridgehead atoms. The zero-order valence-corrected chi connectivity index (χ0v) is 26.7. The van der Waals surface area contributed by atoms with Gasteiger partial charge in [-0.15, -0.1) is 0 Å². The summed E-state index contributed by atoms with van der Waals surface area (Å²) >= 11 is 0. The highest BCUT2D eigenvalue weighted by atomic mass is 15.0. The quantitative estimate of drug-likeness (QED) is 0.193. The lowest BCUT2D eigenvalue weighted by Gasteiger charge is -2.15. The lowest BCUT2D eigenvalue weighted by atomic mass is 9.97. The van der Waals surface area contributed by atoms with Gasteiger partial charge in [0.1, 0.15) is 6.07 Å². The molecular weight excluding hydrogens is 611 g/mol. The molecule has 0 amide bonds. The fraction of sp³-hybridized carbons (Fsp3) is 0. The smallest absolute Gasteiger partial charge is 0.101 e. The highest BCUT2D eigenvalue weighted by molar-refractivity contribution is 6.12. The first kappa shape index (κ1) is 28.8. The van der Waals surface area contributed by atoms with Crippen LogP contribution in [0, 0.1) is 34.0 Å². The van der Waals surface area contributed by atoms with E-state index in [1.165, 1.54) is 10.8 Å². The van der Waals surface area contributed by atoms with Gasteiger partial charge in [-0.25, -0.2) is 0 Å². The van der Waals surface area contributed by atoms with Crippen LogP contribution in [0.4, 0.5) is 0 Å². The Morgan fingerprint density at radius 1 is 0.400 bits per heavy atom. The third kappa shape index (κ3) is 4.38. The van der Waals surface area contributed by atoms with Gasteiger partial charge in [0.05, 0.1) is 56.6 Å². The van der Waals surface area contributed by atoms with E-state index in [9.17, 15) is 15.8 Å². The van der Waals surface area contributed by atoms with Gasteiger partial charge in [-0.1, -0.05) is 84.9 Å². The van der Waals surface area contributed by atoms with Gasteiger partial charge in [0, 0.05) is 32.8 Å². The van der Waals surface area contributed by atoms with Crippen molar-refractivity contribution in [3.63, 3.8) is 0 Å². The molecule has 7 aromatic carbocycles. The Kier molecular flexibility index (Phi) is 6.56. The van der Waals surface area contributed by atoms with Gasteiger partial charge >= 0.3 is 0 Å². The number of para-hydroxylation sites is 3. The molecular formula is C45H25N5. The summed E-state index contributed by atoms with van der Waals surface area (Å²) in [5.74, 6) is 0. The third-order valence-electron chi connectivity index (χ3n) is 9.64. The predicted octanol–water partition coefficient (Wildman–Crippen LogP) is 10.8. The van der Waals surface area contributed by atoms with E-state index in [1.807, 2.05) is 54.6 Å². The van der Waals surface area contributed by atoms with Crippen molar-refractivity contribution in [3.8, 4) is 51.8 Å². The molecule has 0 saturated carbocycles. The molecule has 0 atom stereocenters. The Bertz CT molecular complexity index is 2890. The van der Waals surface area contributed by atoms with E-state index in [0.29, 0.717) is 16.7 Å². The first-order valence-corrected chi connectivity index (χ1v) is 16.3. The minimum Gasteiger partial charge on any atom is -0.309 e. The SMILES string of the molecule is N#Cc1ccc(-n2c3ccccc3c3ccccc32)c(-c2ccc(-c3ccc(-n4c5ccc(C#N)cc5c5cccc(C#N)c54)cc3)cc2)c1. The second-order valence-corrected chi connectivity index (χ2v) is 12.3. The summed E-state index contributed by atoms with van der Waals surface area (Å²) in [7, 11) is 0. The van der Waals surface area contributed by atoms with Gasteiger partial charge in [-0.05, 0) is 83.4 Å². The van der Waals surface area contributed by atoms with Crippen LogP contribution >= 0.6 is 0 Å². The van der Waals surface area contributed by atoms with Crippen molar-refractivity contribution in [1.29, 1.82) is 15.8 Å². The lowest BCUT2D eigenvalue weighted by Crippen LogP contribution is -1.98. The van der Waals surface area contributed by atoms with Crippen molar-refractivity contribution in [2.45, 2.75) is 0 Å². The van der Waals surface area contributed by atoms with Crippen molar-refractivity contribution in [2.24, 2.45) is 0 Å². The summed E-state index contributed by atoms with van der Waals surface area (Å²) in [6.07, 6.45) is 0. The van der Waals surface area contributed by atoms with E-state index in [-0.39, 0.29) is 0 Å². The third-order valence-corrected chi connectivity index (χ3v) is 9.64. The molecule has 0 unspecified atom stereocenters. The maximum absolute atomic E-state index is 9.99. The van der Waals surface area contributed by atoms with Crippen LogP contribution < -0.4 is 0 Å². The lowest BCUT2D eigenvalue weighted by molar-refractivity contribution is 1.17. The molecule has 0 aliphatic carbocycles. The van der Waals surface area contributed by atoms with Crippen LogP contribution in [0.15, 0.2) is 152 Å². The zero-order chi connectivity index (χ0) is 33.8. The molecule has 0 aliphatic heterocycles. The largest absolute Gasteiger partial charge is 0.309 e. The molecule has 2 heterocycles. The minimum absolute atomic E-state index is 0.581. The summed E-state index contributed by atoms with van der Waals surface area (Å²) in [5.41, 5.74) is 11.9. The molecule has 0 spiro atoms. The van der Waals surface area contributed by atoms with Gasteiger partial charge in [0.15, 0.2) is 0 Å². The first-order chi connectivity index (χ1) is 24.7. The molecule has 5 nitrogen and oxygen atoms in total. The maximum atomic E-state index is 9.99. The summed E-state index contributed by atoms with van der Waals surface area (Å²) in [6, 6.07) is 57.9. The van der Waals surface area contributed by atoms with Crippen molar-refractivity contribution < 1.29 is 0 Å². The van der Waals surface area contributed by atoms with Crippen LogP contribution in [-0.4, -0.2) is 9.13 Å². The summed E-state index contributed by atoms with van der Waals surface area (Å²) < 4.78 is 4.40. The fourth-order valence-electron chi connectivity index (χ4n) is 7.36. The molecule has 0 fully saturated rings. The number of benzene rings is 7. The van der Waals surface area contributed by atoms with Crippen LogP contribution in [0.3, 0.4) is 0 Å². The van der Waals surface area contributed by atoms with Gasteiger partial charge in [0.2, 0.25) is 0 Å². The predicted molar refractivity (Wildman–Crippen MR) is 200 cm³/mol. The van der Waals surface area contributed by atoms with Gasteiger partial charge in [-0.3, -0.25) is 0 Å². The zero-order valence-electron chi connectivity index (χ0n) is 26.7. The van der Waals surface area contributed by atoms with Crippen LogP contribution in [0.5, 0.6) is 0 Å². The highest BCUT2D eigenvalue weighted by Crippen LogP contribution is 2.38. The van der Waals surface area contributed by atoms with Crippen molar-refractivity contribution >= 4 is 43.6 Å². The second kappa shape index (κ2) is 11.4. The van der Waals surface area contributed by atoms with Crippen LogP contribution in [0.2, 0.25) is 0 Å². The topological polar surface area (TPSA) is 81.2 Å². The number of rotatable bonds is 4. The molecule has 9 rings (SSSR count). The van der Waals surface area contributed by atoms with Gasteiger partial charge in [-0.2, -0.15) is 15.8 Å². The van der Waals surface area contributed by atoms with E-state index >= 15 is 0 Å². The van der Waals surface area contributed by atoms with Crippen LogP contribution in [0.1, 0.15) is 16.7 Å². The summed E-state index contributed by atoms with van der Waals surface area (Å²) in [6.45, 7) is 0. The van der Waals surface area contributed by atoms with Gasteiger partial charge < -0.3 is 9.13 Å². The monoisotopic (exact) mass is 635 g/mol. The van der Waals surface area contributed by atoms with Crippen molar-refractivity contribution in [2.75, 3.05) is 0 Å². The number of nitrogens with zero attached hydrogens (tertiary/aromatic N) is 5. The molecule has 9 aromatic rings. The number of fused-ring (bicyclic) bond motifs is 6. The van der Waals surface area contributed by atoms with Crippen molar-refractivity contribution in [3.05, 3.63) is 168 Å². The Labute approximate surface area is 287 Å². The number of nitriles is 3. The van der Waals surface area contributed by atoms with E-state index in [2.05, 4.69) is 124 Å². The fourth-order valence-corrected chi connectivity index (χ4v) is 7.36. The molecule has 0 saturated heterocycles. The molecule has 0 radical (unpaired) electrons. The molecule has 50 heavy (non-hydrogen) atoms. The molecule has 0 N–H and O–H groups in total. The highest BCUT2D eigenvalue weighted by Gasteiger charge is 2.18. The van der Waals surface area contributed by atoms with E-state index < -0.39 is 0 Å². The Morgan fingerprint density at radius 2 is 0.960 bits per heavy atom. The van der Waals surface area contributed by atoms with E-state index in [1.54, 1.807) is 0 Å². The van der Waals surface area contributed by atoms with E-state index in [0.717, 1.165) is 66.5 Å². The van der Waals surface area contributed by atoms with Crippen LogP contribution in [0.25, 0.3) is 77.2 Å². The summed E-state index contributed by atoms with van der Waals surface area (Å²) in [4.78, 5) is 0. The Balaban J connectivity index is 1.13. The first-order valence-electron chi connectivity index (χ1n) is 16.3. The second-order valence-electron chi connectivity index (χ2n) is 12.3. The average Bonchev–Trinajstić information content (AvgIpc) is 3.70. The normalized spacial score (nSPS) is 11.1. The van der Waals surface area contributed by atoms with E-state index in [4.69, 9.17) is 0 Å². The number of hydrogen-bond acceptors (Lipinski definition) is 3. The standard InChI is InChI=1S/C45H25N5/c46-26-29-12-22-43(50-41-10-3-1-7-36(41)37-8-2-4-11-42(37)50)39(24-29)33-16-14-31(15-17-33)32-18-20-35(21-19-32)49-44-23-13-30(27-47)25-40(44)38-9-5-6-34(28-48)45(38)49/h1-25H. The number of hydrogen-bond donors (Lipinski definition) is 0. The molecule has 5 heteroatoms. The number of aromatic nitrogens is 2. The Hall–Kier alpha value is -7.39. The average molecular weight is 636 g/mol. The molecule has 0 aliphatic rings. The van der Waals surface area contributed by atoms with Gasteiger partial charge in [0.25, 0.3) is 0 Å².